The Morgan fingerprint density at radius 1 is 1.40 bits per heavy atom. The first-order valence-corrected chi connectivity index (χ1v) is 6.00. The number of hydrogen-bond acceptors (Lipinski definition) is 4. The molecule has 2 aromatic rings. The molecule has 0 unspecified atom stereocenters. The van der Waals surface area contributed by atoms with Crippen molar-refractivity contribution < 1.29 is 19.0 Å². The molecule has 6 heteroatoms. The maximum absolute atomic E-state index is 14.0. The van der Waals surface area contributed by atoms with E-state index in [4.69, 9.17) is 9.84 Å². The van der Waals surface area contributed by atoms with E-state index in [0.717, 1.165) is 6.07 Å². The van der Waals surface area contributed by atoms with Crippen LogP contribution >= 0.6 is 0 Å². The van der Waals surface area contributed by atoms with Crippen molar-refractivity contribution in [1.82, 2.24) is 4.98 Å². The van der Waals surface area contributed by atoms with Gasteiger partial charge < -0.3 is 15.2 Å². The fourth-order valence-corrected chi connectivity index (χ4v) is 1.67. The van der Waals surface area contributed by atoms with Crippen molar-refractivity contribution in [2.24, 2.45) is 0 Å². The summed E-state index contributed by atoms with van der Waals surface area (Å²) in [5, 5.41) is 11.6. The highest BCUT2D eigenvalue weighted by Gasteiger charge is 2.16. The highest BCUT2D eigenvalue weighted by molar-refractivity contribution is 5.89. The molecule has 1 aromatic heterocycles. The summed E-state index contributed by atoms with van der Waals surface area (Å²) in [6, 6.07) is 8.07. The van der Waals surface area contributed by atoms with Crippen molar-refractivity contribution in [3.63, 3.8) is 0 Å². The molecule has 0 aliphatic carbocycles. The van der Waals surface area contributed by atoms with Gasteiger partial charge in [0.15, 0.2) is 11.6 Å². The van der Waals surface area contributed by atoms with Crippen LogP contribution in [0.15, 0.2) is 36.5 Å². The number of pyridine rings is 1. The molecule has 0 radical (unpaired) electrons. The first-order valence-electron chi connectivity index (χ1n) is 6.00. The Labute approximate surface area is 115 Å². The number of aromatic carboxylic acids is 1. The standard InChI is InChI=1S/C14H13FN2O3/c1-2-20-11-6-4-3-5-10(11)17-13-12(15)9(14(18)19)7-8-16-13/h3-8H,2H2,1H3,(H,16,17)(H,18,19). The van der Waals surface area contributed by atoms with Crippen molar-refractivity contribution in [2.45, 2.75) is 6.92 Å². The summed E-state index contributed by atoms with van der Waals surface area (Å²) >= 11 is 0. The van der Waals surface area contributed by atoms with Crippen molar-refractivity contribution in [3.8, 4) is 5.75 Å². The van der Waals surface area contributed by atoms with Crippen LogP contribution < -0.4 is 10.1 Å². The summed E-state index contributed by atoms with van der Waals surface area (Å²) in [7, 11) is 0. The predicted octanol–water partition coefficient (Wildman–Crippen LogP) is 3.06. The van der Waals surface area contributed by atoms with E-state index in [-0.39, 0.29) is 5.82 Å². The van der Waals surface area contributed by atoms with Crippen LogP contribution in [0.2, 0.25) is 0 Å². The van der Waals surface area contributed by atoms with Gasteiger partial charge >= 0.3 is 5.97 Å². The number of ether oxygens (including phenoxy) is 1. The van der Waals surface area contributed by atoms with Crippen molar-refractivity contribution >= 4 is 17.5 Å². The van der Waals surface area contributed by atoms with Gasteiger partial charge in [-0.3, -0.25) is 0 Å². The third-order valence-electron chi connectivity index (χ3n) is 2.56. The second kappa shape index (κ2) is 6.01. The van der Waals surface area contributed by atoms with Crippen LogP contribution in [0.25, 0.3) is 0 Å². The minimum Gasteiger partial charge on any atom is -0.492 e. The molecule has 0 bridgehead atoms. The number of aromatic nitrogens is 1. The van der Waals surface area contributed by atoms with Gasteiger partial charge in [0.25, 0.3) is 0 Å². The van der Waals surface area contributed by atoms with E-state index < -0.39 is 17.3 Å². The largest absolute Gasteiger partial charge is 0.492 e. The highest BCUT2D eigenvalue weighted by Crippen LogP contribution is 2.28. The third-order valence-corrected chi connectivity index (χ3v) is 2.56. The molecule has 1 heterocycles. The summed E-state index contributed by atoms with van der Waals surface area (Å²) in [4.78, 5) is 14.7. The summed E-state index contributed by atoms with van der Waals surface area (Å²) in [6.45, 7) is 2.30. The van der Waals surface area contributed by atoms with E-state index in [1.165, 1.54) is 6.20 Å². The van der Waals surface area contributed by atoms with E-state index in [1.54, 1.807) is 24.3 Å². The molecule has 20 heavy (non-hydrogen) atoms. The molecule has 2 rings (SSSR count). The van der Waals surface area contributed by atoms with Gasteiger partial charge in [0, 0.05) is 6.20 Å². The number of carboxylic acid groups (broad SMARTS) is 1. The number of rotatable bonds is 5. The predicted molar refractivity (Wildman–Crippen MR) is 72.0 cm³/mol. The van der Waals surface area contributed by atoms with Gasteiger partial charge in [0.1, 0.15) is 11.3 Å². The minimum absolute atomic E-state index is 0.156. The van der Waals surface area contributed by atoms with Crippen molar-refractivity contribution in [2.75, 3.05) is 11.9 Å². The zero-order valence-electron chi connectivity index (χ0n) is 10.8. The first-order chi connectivity index (χ1) is 9.63. The quantitative estimate of drug-likeness (QED) is 0.878. The molecule has 5 nitrogen and oxygen atoms in total. The molecule has 0 spiro atoms. The summed E-state index contributed by atoms with van der Waals surface area (Å²) in [5.74, 6) is -1.87. The Kier molecular flexibility index (Phi) is 4.14. The zero-order valence-corrected chi connectivity index (χ0v) is 10.8. The van der Waals surface area contributed by atoms with Crippen LogP contribution in [0.3, 0.4) is 0 Å². The lowest BCUT2D eigenvalue weighted by Gasteiger charge is -2.12. The molecule has 1 aromatic carbocycles. The van der Waals surface area contributed by atoms with Gasteiger partial charge in [0.2, 0.25) is 0 Å². The number of hydrogen-bond donors (Lipinski definition) is 2. The number of carboxylic acids is 1. The number of para-hydroxylation sites is 2. The second-order valence-electron chi connectivity index (χ2n) is 3.88. The first kappa shape index (κ1) is 13.8. The molecule has 0 amide bonds. The van der Waals surface area contributed by atoms with E-state index >= 15 is 0 Å². The molecular weight excluding hydrogens is 263 g/mol. The minimum atomic E-state index is -1.34. The van der Waals surface area contributed by atoms with Crippen molar-refractivity contribution in [3.05, 3.63) is 47.9 Å². The smallest absolute Gasteiger partial charge is 0.338 e. The van der Waals surface area contributed by atoms with Crippen LogP contribution in [-0.2, 0) is 0 Å². The van der Waals surface area contributed by atoms with Crippen LogP contribution in [0.5, 0.6) is 5.75 Å². The zero-order chi connectivity index (χ0) is 14.5. The van der Waals surface area contributed by atoms with Gasteiger partial charge in [-0.1, -0.05) is 12.1 Å². The molecule has 0 aliphatic rings. The van der Waals surface area contributed by atoms with E-state index in [1.807, 2.05) is 6.92 Å². The number of anilines is 2. The van der Waals surface area contributed by atoms with Crippen LogP contribution in [0, 0.1) is 5.82 Å². The van der Waals surface area contributed by atoms with Crippen LogP contribution in [0.1, 0.15) is 17.3 Å². The molecule has 0 saturated heterocycles. The lowest BCUT2D eigenvalue weighted by atomic mass is 10.2. The normalized spacial score (nSPS) is 10.1. The fourth-order valence-electron chi connectivity index (χ4n) is 1.67. The van der Waals surface area contributed by atoms with E-state index in [0.29, 0.717) is 18.0 Å². The number of halogens is 1. The Balaban J connectivity index is 2.35. The molecule has 0 aliphatic heterocycles. The average Bonchev–Trinajstić information content (AvgIpc) is 2.43. The number of benzene rings is 1. The maximum Gasteiger partial charge on any atom is 0.338 e. The highest BCUT2D eigenvalue weighted by atomic mass is 19.1. The van der Waals surface area contributed by atoms with Crippen LogP contribution in [-0.4, -0.2) is 22.7 Å². The Morgan fingerprint density at radius 2 is 2.15 bits per heavy atom. The van der Waals surface area contributed by atoms with Crippen LogP contribution in [0.4, 0.5) is 15.9 Å². The molecule has 2 N–H and O–H groups in total. The fraction of sp³-hybridized carbons (Fsp3) is 0.143. The molecule has 0 saturated carbocycles. The van der Waals surface area contributed by atoms with E-state index in [2.05, 4.69) is 10.3 Å². The second-order valence-corrected chi connectivity index (χ2v) is 3.88. The number of nitrogens with one attached hydrogen (secondary N) is 1. The lowest BCUT2D eigenvalue weighted by molar-refractivity contribution is 0.0692. The molecule has 104 valence electrons. The maximum atomic E-state index is 14.0. The van der Waals surface area contributed by atoms with Gasteiger partial charge in [-0.15, -0.1) is 0 Å². The topological polar surface area (TPSA) is 71.5 Å². The monoisotopic (exact) mass is 276 g/mol. The molecular formula is C14H13FN2O3. The van der Waals surface area contributed by atoms with Gasteiger partial charge in [0.05, 0.1) is 12.3 Å². The van der Waals surface area contributed by atoms with Gasteiger partial charge in [-0.2, -0.15) is 0 Å². The Hall–Kier alpha value is -2.63. The molecule has 0 fully saturated rings. The lowest BCUT2D eigenvalue weighted by Crippen LogP contribution is -2.06. The van der Waals surface area contributed by atoms with Crippen molar-refractivity contribution in [1.29, 1.82) is 0 Å². The summed E-state index contributed by atoms with van der Waals surface area (Å²) in [5.41, 5.74) is 0.0830. The summed E-state index contributed by atoms with van der Waals surface area (Å²) in [6.07, 6.45) is 1.23. The SMILES string of the molecule is CCOc1ccccc1Nc1nccc(C(=O)O)c1F. The number of nitrogens with zero attached hydrogens (tertiary/aromatic N) is 1. The third kappa shape index (κ3) is 2.85. The Bertz CT molecular complexity index is 632. The molecule has 0 atom stereocenters. The van der Waals surface area contributed by atoms with Gasteiger partial charge in [-0.25, -0.2) is 14.2 Å². The van der Waals surface area contributed by atoms with E-state index in [9.17, 15) is 9.18 Å². The average molecular weight is 276 g/mol. The Morgan fingerprint density at radius 3 is 2.85 bits per heavy atom. The number of carbonyl (C=O) groups is 1. The van der Waals surface area contributed by atoms with Gasteiger partial charge in [-0.05, 0) is 25.1 Å². The summed E-state index contributed by atoms with van der Waals surface area (Å²) < 4.78 is 19.4.